The van der Waals surface area contributed by atoms with Gasteiger partial charge in [0.2, 0.25) is 0 Å². The lowest BCUT2D eigenvalue weighted by atomic mass is 9.82. The van der Waals surface area contributed by atoms with Gasteiger partial charge in [-0.3, -0.25) is 0 Å². The summed E-state index contributed by atoms with van der Waals surface area (Å²) in [5, 5.41) is 2.53. The van der Waals surface area contributed by atoms with Crippen LogP contribution in [0.5, 0.6) is 0 Å². The summed E-state index contributed by atoms with van der Waals surface area (Å²) < 4.78 is 0. The second kappa shape index (κ2) is 13.7. The fourth-order valence-corrected chi connectivity index (χ4v) is 8.84. The first-order valence-electron chi connectivity index (χ1n) is 19.5. The predicted octanol–water partition coefficient (Wildman–Crippen LogP) is 15.3. The fraction of sp³-hybridized carbons (Fsp3) is 0.0545. The number of hydrogen-bond donors (Lipinski definition) is 0. The zero-order valence-corrected chi connectivity index (χ0v) is 31.7. The smallest absolute Gasteiger partial charge is 0.0467 e. The van der Waals surface area contributed by atoms with E-state index >= 15 is 0 Å². The number of fused-ring (bicyclic) bond motifs is 4. The molecule has 0 aromatic heterocycles. The molecule has 10 rings (SSSR count). The SMILES string of the molecule is CC1(C)c2ccccc2-c2ccc(N(c3ccc(-c4cccc(-c5cccc6ccccc56)c4)cc3)c3cccc(-c4ccccc4-c4ccccc4)c3)cc21. The molecule has 0 N–H and O–H groups in total. The van der Waals surface area contributed by atoms with Gasteiger partial charge in [-0.05, 0) is 120 Å². The maximum absolute atomic E-state index is 2.42. The molecular formula is C55H41N. The minimum atomic E-state index is -0.108. The highest BCUT2D eigenvalue weighted by Gasteiger charge is 2.35. The highest BCUT2D eigenvalue weighted by molar-refractivity contribution is 5.97. The Kier molecular flexibility index (Phi) is 8.23. The van der Waals surface area contributed by atoms with Crippen molar-refractivity contribution in [1.82, 2.24) is 0 Å². The second-order valence-corrected chi connectivity index (χ2v) is 15.4. The third kappa shape index (κ3) is 5.81. The maximum atomic E-state index is 2.42. The van der Waals surface area contributed by atoms with Gasteiger partial charge in [0.15, 0.2) is 0 Å². The third-order valence-corrected chi connectivity index (χ3v) is 11.7. The largest absolute Gasteiger partial charge is 0.310 e. The second-order valence-electron chi connectivity index (χ2n) is 15.4. The van der Waals surface area contributed by atoms with Crippen molar-refractivity contribution in [2.75, 3.05) is 4.90 Å². The Bertz CT molecular complexity index is 2880. The van der Waals surface area contributed by atoms with Gasteiger partial charge in [0.05, 0.1) is 0 Å². The molecule has 0 saturated heterocycles. The van der Waals surface area contributed by atoms with E-state index in [1.165, 1.54) is 77.5 Å². The van der Waals surface area contributed by atoms with Crippen LogP contribution >= 0.6 is 0 Å². The summed E-state index contributed by atoms with van der Waals surface area (Å²) >= 11 is 0. The van der Waals surface area contributed by atoms with Crippen molar-refractivity contribution in [3.05, 3.63) is 223 Å². The van der Waals surface area contributed by atoms with Gasteiger partial charge in [-0.1, -0.05) is 184 Å². The number of rotatable bonds is 7. The van der Waals surface area contributed by atoms with Gasteiger partial charge in [0.25, 0.3) is 0 Å². The van der Waals surface area contributed by atoms with Crippen molar-refractivity contribution in [2.45, 2.75) is 19.3 Å². The van der Waals surface area contributed by atoms with E-state index < -0.39 is 0 Å². The molecule has 9 aromatic rings. The summed E-state index contributed by atoms with van der Waals surface area (Å²) in [5.41, 5.74) is 18.4. The first-order chi connectivity index (χ1) is 27.5. The zero-order valence-electron chi connectivity index (χ0n) is 31.7. The Labute approximate surface area is 329 Å². The molecule has 0 atom stereocenters. The minimum Gasteiger partial charge on any atom is -0.310 e. The van der Waals surface area contributed by atoms with Crippen molar-refractivity contribution < 1.29 is 0 Å². The zero-order chi connectivity index (χ0) is 37.6. The highest BCUT2D eigenvalue weighted by Crippen LogP contribution is 2.51. The van der Waals surface area contributed by atoms with Crippen LogP contribution in [0.15, 0.2) is 212 Å². The molecular weight excluding hydrogens is 675 g/mol. The first kappa shape index (κ1) is 33.6. The third-order valence-electron chi connectivity index (χ3n) is 11.7. The van der Waals surface area contributed by atoms with Crippen molar-refractivity contribution in [2.24, 2.45) is 0 Å². The summed E-state index contributed by atoms with van der Waals surface area (Å²) in [4.78, 5) is 2.42. The molecule has 1 aliphatic rings. The van der Waals surface area contributed by atoms with Crippen LogP contribution in [0, 0.1) is 0 Å². The number of benzene rings is 9. The Morgan fingerprint density at radius 3 is 1.66 bits per heavy atom. The van der Waals surface area contributed by atoms with Gasteiger partial charge in [0, 0.05) is 22.5 Å². The van der Waals surface area contributed by atoms with E-state index in [0.29, 0.717) is 0 Å². The van der Waals surface area contributed by atoms with Crippen LogP contribution in [0.3, 0.4) is 0 Å². The van der Waals surface area contributed by atoms with Crippen molar-refractivity contribution in [3.63, 3.8) is 0 Å². The first-order valence-corrected chi connectivity index (χ1v) is 19.5. The monoisotopic (exact) mass is 715 g/mol. The minimum absolute atomic E-state index is 0.108. The van der Waals surface area contributed by atoms with Crippen molar-refractivity contribution in [1.29, 1.82) is 0 Å². The summed E-state index contributed by atoms with van der Waals surface area (Å²) in [6, 6.07) is 77.6. The van der Waals surface area contributed by atoms with Gasteiger partial charge < -0.3 is 4.90 Å². The molecule has 1 aliphatic carbocycles. The Morgan fingerprint density at radius 1 is 0.304 bits per heavy atom. The van der Waals surface area contributed by atoms with Crippen LogP contribution in [-0.2, 0) is 5.41 Å². The van der Waals surface area contributed by atoms with Gasteiger partial charge >= 0.3 is 0 Å². The van der Waals surface area contributed by atoms with Crippen LogP contribution < -0.4 is 4.90 Å². The average molecular weight is 716 g/mol. The van der Waals surface area contributed by atoms with E-state index in [9.17, 15) is 0 Å². The Hall–Kier alpha value is -6.96. The van der Waals surface area contributed by atoms with Gasteiger partial charge in [-0.15, -0.1) is 0 Å². The number of nitrogens with zero attached hydrogens (tertiary/aromatic N) is 1. The average Bonchev–Trinajstić information content (AvgIpc) is 3.49. The quantitative estimate of drug-likeness (QED) is 0.159. The normalized spacial score (nSPS) is 12.6. The number of hydrogen-bond acceptors (Lipinski definition) is 1. The van der Waals surface area contributed by atoms with Crippen LogP contribution in [0.2, 0.25) is 0 Å². The molecule has 0 saturated carbocycles. The molecule has 266 valence electrons. The van der Waals surface area contributed by atoms with Crippen LogP contribution in [-0.4, -0.2) is 0 Å². The van der Waals surface area contributed by atoms with Crippen molar-refractivity contribution >= 4 is 27.8 Å². The lowest BCUT2D eigenvalue weighted by Gasteiger charge is -2.28. The maximum Gasteiger partial charge on any atom is 0.0467 e. The molecule has 9 aromatic carbocycles. The predicted molar refractivity (Wildman–Crippen MR) is 238 cm³/mol. The molecule has 0 unspecified atom stereocenters. The molecule has 0 bridgehead atoms. The van der Waals surface area contributed by atoms with E-state index in [0.717, 1.165) is 17.1 Å². The Morgan fingerprint density at radius 2 is 0.839 bits per heavy atom. The molecule has 0 radical (unpaired) electrons. The molecule has 1 heteroatoms. The summed E-state index contributed by atoms with van der Waals surface area (Å²) in [5.74, 6) is 0. The van der Waals surface area contributed by atoms with Crippen LogP contribution in [0.4, 0.5) is 17.1 Å². The molecule has 0 heterocycles. The van der Waals surface area contributed by atoms with E-state index in [1.54, 1.807) is 0 Å². The van der Waals surface area contributed by atoms with Gasteiger partial charge in [0.1, 0.15) is 0 Å². The lowest BCUT2D eigenvalue weighted by Crippen LogP contribution is -2.16. The molecule has 0 fully saturated rings. The summed E-state index contributed by atoms with van der Waals surface area (Å²) in [6.45, 7) is 4.71. The van der Waals surface area contributed by atoms with E-state index in [2.05, 4.69) is 231 Å². The summed E-state index contributed by atoms with van der Waals surface area (Å²) in [7, 11) is 0. The van der Waals surface area contributed by atoms with Crippen LogP contribution in [0.1, 0.15) is 25.0 Å². The van der Waals surface area contributed by atoms with Crippen molar-refractivity contribution in [3.8, 4) is 55.6 Å². The molecule has 0 amide bonds. The van der Waals surface area contributed by atoms with E-state index in [-0.39, 0.29) is 5.41 Å². The van der Waals surface area contributed by atoms with Gasteiger partial charge in [-0.2, -0.15) is 0 Å². The highest BCUT2D eigenvalue weighted by atomic mass is 15.1. The van der Waals surface area contributed by atoms with E-state index in [4.69, 9.17) is 0 Å². The van der Waals surface area contributed by atoms with Crippen LogP contribution in [0.25, 0.3) is 66.4 Å². The number of anilines is 3. The lowest BCUT2D eigenvalue weighted by molar-refractivity contribution is 0.660. The Balaban J connectivity index is 1.08. The topological polar surface area (TPSA) is 3.24 Å². The molecule has 0 spiro atoms. The molecule has 56 heavy (non-hydrogen) atoms. The van der Waals surface area contributed by atoms with Gasteiger partial charge in [-0.25, -0.2) is 0 Å². The van der Waals surface area contributed by atoms with E-state index in [1.807, 2.05) is 0 Å². The molecule has 1 nitrogen and oxygen atoms in total. The summed E-state index contributed by atoms with van der Waals surface area (Å²) in [6.07, 6.45) is 0. The fourth-order valence-electron chi connectivity index (χ4n) is 8.84. The molecule has 0 aliphatic heterocycles. The standard InChI is InChI=1S/C55H41N/c1-55(2)53-28-11-10-26-51(53)52-34-33-46(37-54(52)55)56(45-22-13-21-43(36-45)49-25-9-8-24-47(49)39-15-4-3-5-16-39)44-31-29-38(30-32-44)41-19-12-20-42(35-41)50-27-14-18-40-17-6-7-23-48(40)50/h3-37H,1-2H3.